The highest BCUT2D eigenvalue weighted by Gasteiger charge is 2.42. The van der Waals surface area contributed by atoms with Crippen molar-refractivity contribution in [1.82, 2.24) is 4.90 Å². The van der Waals surface area contributed by atoms with E-state index in [-0.39, 0.29) is 11.8 Å². The van der Waals surface area contributed by atoms with Crippen LogP contribution >= 0.6 is 0 Å². The molecule has 1 atom stereocenters. The van der Waals surface area contributed by atoms with Gasteiger partial charge < -0.3 is 0 Å². The SMILES string of the molecule is CCc1ccc(C(=O)C(C)N(CC(F)(F)F)C2CC2)cc1. The Balaban J connectivity index is 2.11. The van der Waals surface area contributed by atoms with Crippen molar-refractivity contribution in [2.24, 2.45) is 0 Å². The summed E-state index contributed by atoms with van der Waals surface area (Å²) >= 11 is 0. The number of aryl methyl sites for hydroxylation is 1. The number of nitrogens with zero attached hydrogens (tertiary/aromatic N) is 1. The fraction of sp³-hybridized carbons (Fsp3) is 0.562. The van der Waals surface area contributed by atoms with Crippen LogP contribution in [0, 0.1) is 0 Å². The third kappa shape index (κ3) is 4.30. The molecule has 2 nitrogen and oxygen atoms in total. The highest BCUT2D eigenvalue weighted by atomic mass is 19.4. The maximum atomic E-state index is 12.7. The Kier molecular flexibility index (Phi) is 4.71. The normalized spacial score (nSPS) is 17.0. The van der Waals surface area contributed by atoms with Gasteiger partial charge in [-0.3, -0.25) is 9.69 Å². The summed E-state index contributed by atoms with van der Waals surface area (Å²) in [5.41, 5.74) is 1.58. The lowest BCUT2D eigenvalue weighted by Crippen LogP contribution is -2.45. The Morgan fingerprint density at radius 2 is 1.86 bits per heavy atom. The molecule has 0 bridgehead atoms. The molecule has 1 aliphatic carbocycles. The second-order valence-electron chi connectivity index (χ2n) is 5.61. The fourth-order valence-electron chi connectivity index (χ4n) is 2.49. The van der Waals surface area contributed by atoms with Gasteiger partial charge in [0.1, 0.15) is 0 Å². The Hall–Kier alpha value is -1.36. The number of rotatable bonds is 6. The molecule has 1 aromatic rings. The van der Waals surface area contributed by atoms with Crippen LogP contribution in [0.25, 0.3) is 0 Å². The Bertz CT molecular complexity index is 491. The van der Waals surface area contributed by atoms with Gasteiger partial charge in [0.05, 0.1) is 12.6 Å². The first kappa shape index (κ1) is 16.0. The molecular weight excluding hydrogens is 279 g/mol. The summed E-state index contributed by atoms with van der Waals surface area (Å²) in [4.78, 5) is 13.7. The quantitative estimate of drug-likeness (QED) is 0.744. The van der Waals surface area contributed by atoms with Crippen LogP contribution in [0.1, 0.15) is 42.6 Å². The summed E-state index contributed by atoms with van der Waals surface area (Å²) < 4.78 is 38.0. The van der Waals surface area contributed by atoms with Gasteiger partial charge in [0.15, 0.2) is 5.78 Å². The van der Waals surface area contributed by atoms with Crippen molar-refractivity contribution in [1.29, 1.82) is 0 Å². The smallest absolute Gasteiger partial charge is 0.292 e. The van der Waals surface area contributed by atoms with E-state index in [1.807, 2.05) is 19.1 Å². The molecule has 2 rings (SSSR count). The third-order valence-electron chi connectivity index (χ3n) is 3.90. The van der Waals surface area contributed by atoms with Gasteiger partial charge in [-0.15, -0.1) is 0 Å². The minimum atomic E-state index is -4.27. The maximum Gasteiger partial charge on any atom is 0.401 e. The van der Waals surface area contributed by atoms with Crippen LogP contribution in [-0.2, 0) is 6.42 Å². The van der Waals surface area contributed by atoms with Crippen LogP contribution in [-0.4, -0.2) is 35.5 Å². The summed E-state index contributed by atoms with van der Waals surface area (Å²) in [6, 6.07) is 6.26. The lowest BCUT2D eigenvalue weighted by Gasteiger charge is -2.29. The van der Waals surface area contributed by atoms with Gasteiger partial charge in [0.2, 0.25) is 0 Å². The number of ketones is 1. The van der Waals surface area contributed by atoms with Crippen LogP contribution < -0.4 is 0 Å². The van der Waals surface area contributed by atoms with Crippen molar-refractivity contribution in [2.45, 2.75) is 51.4 Å². The van der Waals surface area contributed by atoms with Crippen LogP contribution in [0.15, 0.2) is 24.3 Å². The standard InChI is InChI=1S/C16H20F3NO/c1-3-12-4-6-13(7-5-12)15(21)11(2)20(14-8-9-14)10-16(17,18)19/h4-7,11,14H,3,8-10H2,1-2H3. The molecule has 116 valence electrons. The zero-order chi connectivity index (χ0) is 15.6. The fourth-order valence-corrected chi connectivity index (χ4v) is 2.49. The van der Waals surface area contributed by atoms with E-state index in [9.17, 15) is 18.0 Å². The topological polar surface area (TPSA) is 20.3 Å². The molecule has 1 saturated carbocycles. The van der Waals surface area contributed by atoms with E-state index in [0.717, 1.165) is 24.8 Å². The summed E-state index contributed by atoms with van der Waals surface area (Å²) in [7, 11) is 0. The first-order chi connectivity index (χ1) is 9.81. The van der Waals surface area contributed by atoms with E-state index >= 15 is 0 Å². The Morgan fingerprint density at radius 3 is 2.29 bits per heavy atom. The van der Waals surface area contributed by atoms with Crippen LogP contribution in [0.5, 0.6) is 0 Å². The molecule has 5 heteroatoms. The number of alkyl halides is 3. The molecule has 0 spiro atoms. The number of hydrogen-bond acceptors (Lipinski definition) is 2. The zero-order valence-electron chi connectivity index (χ0n) is 12.3. The molecule has 0 saturated heterocycles. The van der Waals surface area contributed by atoms with Crippen LogP contribution in [0.3, 0.4) is 0 Å². The van der Waals surface area contributed by atoms with E-state index < -0.39 is 18.8 Å². The zero-order valence-corrected chi connectivity index (χ0v) is 12.3. The average Bonchev–Trinajstić information content (AvgIpc) is 3.27. The highest BCUT2D eigenvalue weighted by Crippen LogP contribution is 2.32. The molecule has 0 aromatic heterocycles. The molecule has 0 aliphatic heterocycles. The van der Waals surface area contributed by atoms with Crippen molar-refractivity contribution < 1.29 is 18.0 Å². The van der Waals surface area contributed by atoms with Crippen molar-refractivity contribution in [3.63, 3.8) is 0 Å². The number of halogens is 3. The van der Waals surface area contributed by atoms with Gasteiger partial charge in [-0.05, 0) is 31.7 Å². The molecule has 0 N–H and O–H groups in total. The predicted octanol–water partition coefficient (Wildman–Crippen LogP) is 3.85. The number of benzene rings is 1. The number of carbonyl (C=O) groups excluding carboxylic acids is 1. The molecular formula is C16H20F3NO. The van der Waals surface area contributed by atoms with Crippen molar-refractivity contribution in [2.75, 3.05) is 6.54 Å². The number of carbonyl (C=O) groups is 1. The van der Waals surface area contributed by atoms with Crippen LogP contribution in [0.4, 0.5) is 13.2 Å². The summed E-state index contributed by atoms with van der Waals surface area (Å²) in [5, 5.41) is 0. The van der Waals surface area contributed by atoms with E-state index in [1.165, 1.54) is 4.90 Å². The monoisotopic (exact) mass is 299 g/mol. The minimum Gasteiger partial charge on any atom is -0.292 e. The molecule has 1 aromatic carbocycles. The van der Waals surface area contributed by atoms with Gasteiger partial charge in [0.25, 0.3) is 0 Å². The van der Waals surface area contributed by atoms with Crippen molar-refractivity contribution in [3.8, 4) is 0 Å². The minimum absolute atomic E-state index is 0.111. The van der Waals surface area contributed by atoms with Gasteiger partial charge in [-0.1, -0.05) is 31.2 Å². The second-order valence-corrected chi connectivity index (χ2v) is 5.61. The molecule has 1 fully saturated rings. The van der Waals surface area contributed by atoms with E-state index in [0.29, 0.717) is 5.56 Å². The molecule has 21 heavy (non-hydrogen) atoms. The van der Waals surface area contributed by atoms with E-state index in [2.05, 4.69) is 0 Å². The number of Topliss-reactive ketones (excluding diaryl/α,β-unsaturated/α-hetero) is 1. The first-order valence-electron chi connectivity index (χ1n) is 7.27. The third-order valence-corrected chi connectivity index (χ3v) is 3.90. The predicted molar refractivity (Wildman–Crippen MR) is 75.4 cm³/mol. The molecule has 0 radical (unpaired) electrons. The highest BCUT2D eigenvalue weighted by molar-refractivity contribution is 5.99. The summed E-state index contributed by atoms with van der Waals surface area (Å²) in [6.45, 7) is 2.56. The second kappa shape index (κ2) is 6.18. The number of hydrogen-bond donors (Lipinski definition) is 0. The summed E-state index contributed by atoms with van der Waals surface area (Å²) in [6.07, 6.45) is -1.93. The first-order valence-corrected chi connectivity index (χ1v) is 7.27. The molecule has 1 aliphatic rings. The maximum absolute atomic E-state index is 12.7. The summed E-state index contributed by atoms with van der Waals surface area (Å²) in [5.74, 6) is -0.242. The molecule has 1 unspecified atom stereocenters. The Labute approximate surface area is 122 Å². The Morgan fingerprint density at radius 1 is 1.29 bits per heavy atom. The largest absolute Gasteiger partial charge is 0.401 e. The van der Waals surface area contributed by atoms with E-state index in [4.69, 9.17) is 0 Å². The molecule has 0 heterocycles. The van der Waals surface area contributed by atoms with Crippen molar-refractivity contribution >= 4 is 5.78 Å². The lowest BCUT2D eigenvalue weighted by molar-refractivity contribution is -0.149. The van der Waals surface area contributed by atoms with Crippen molar-refractivity contribution in [3.05, 3.63) is 35.4 Å². The van der Waals surface area contributed by atoms with E-state index in [1.54, 1.807) is 19.1 Å². The van der Waals surface area contributed by atoms with Gasteiger partial charge in [0, 0.05) is 11.6 Å². The van der Waals surface area contributed by atoms with Gasteiger partial charge in [-0.2, -0.15) is 13.2 Å². The van der Waals surface area contributed by atoms with Gasteiger partial charge >= 0.3 is 6.18 Å². The average molecular weight is 299 g/mol. The lowest BCUT2D eigenvalue weighted by atomic mass is 10.0. The van der Waals surface area contributed by atoms with Crippen LogP contribution in [0.2, 0.25) is 0 Å². The van der Waals surface area contributed by atoms with Gasteiger partial charge in [-0.25, -0.2) is 0 Å². The molecule has 0 amide bonds.